The summed E-state index contributed by atoms with van der Waals surface area (Å²) in [6, 6.07) is 1.75. The summed E-state index contributed by atoms with van der Waals surface area (Å²) in [5.74, 6) is -0.310. The van der Waals surface area contributed by atoms with Crippen LogP contribution in [0.25, 0.3) is 0 Å². The normalized spacial score (nSPS) is 14.8. The van der Waals surface area contributed by atoms with E-state index in [1.165, 1.54) is 5.56 Å². The fraction of sp³-hybridized carbons (Fsp3) is 0.333. The maximum absolute atomic E-state index is 13.2. The molecule has 1 aromatic rings. The van der Waals surface area contributed by atoms with E-state index in [1.807, 2.05) is 0 Å². The predicted molar refractivity (Wildman–Crippen MR) is 50.5 cm³/mol. The number of anilines is 1. The fourth-order valence-corrected chi connectivity index (χ4v) is 2.37. The lowest BCUT2D eigenvalue weighted by Crippen LogP contribution is -1.96. The molecule has 0 unspecified atom stereocenters. The van der Waals surface area contributed by atoms with Crippen LogP contribution in [0.5, 0.6) is 0 Å². The molecule has 12 heavy (non-hydrogen) atoms. The first-order chi connectivity index (χ1) is 5.70. The van der Waals surface area contributed by atoms with Gasteiger partial charge in [0.05, 0.1) is 10.2 Å². The Hall–Kier alpha value is -0.570. The second kappa shape index (κ2) is 2.73. The number of hydrogen-bond donors (Lipinski definition) is 1. The van der Waals surface area contributed by atoms with E-state index in [2.05, 4.69) is 15.9 Å². The van der Waals surface area contributed by atoms with E-state index < -0.39 is 0 Å². The number of fused-ring (bicyclic) bond motifs is 1. The van der Waals surface area contributed by atoms with E-state index in [4.69, 9.17) is 5.73 Å². The van der Waals surface area contributed by atoms with Gasteiger partial charge in [-0.1, -0.05) is 0 Å². The molecule has 3 heteroatoms. The van der Waals surface area contributed by atoms with Gasteiger partial charge in [-0.3, -0.25) is 0 Å². The van der Waals surface area contributed by atoms with E-state index in [1.54, 1.807) is 6.07 Å². The van der Waals surface area contributed by atoms with E-state index in [0.717, 1.165) is 24.8 Å². The van der Waals surface area contributed by atoms with Crippen molar-refractivity contribution in [1.29, 1.82) is 0 Å². The van der Waals surface area contributed by atoms with Crippen LogP contribution in [-0.2, 0) is 12.8 Å². The third-order valence-electron chi connectivity index (χ3n) is 2.30. The number of nitrogens with two attached hydrogens (primary N) is 1. The second-order valence-corrected chi connectivity index (χ2v) is 3.88. The molecule has 0 spiro atoms. The minimum Gasteiger partial charge on any atom is -0.396 e. The van der Waals surface area contributed by atoms with Crippen molar-refractivity contribution in [3.05, 3.63) is 27.5 Å². The summed E-state index contributed by atoms with van der Waals surface area (Å²) >= 11 is 3.23. The third kappa shape index (κ3) is 1.04. The van der Waals surface area contributed by atoms with Crippen LogP contribution in [0.3, 0.4) is 0 Å². The number of hydrogen-bond acceptors (Lipinski definition) is 1. The Morgan fingerprint density at radius 3 is 2.92 bits per heavy atom. The first kappa shape index (κ1) is 8.05. The molecule has 1 aliphatic carbocycles. The summed E-state index contributed by atoms with van der Waals surface area (Å²) < 4.78 is 13.8. The Bertz CT molecular complexity index is 336. The molecule has 0 radical (unpaired) electrons. The Morgan fingerprint density at radius 2 is 2.17 bits per heavy atom. The lowest BCUT2D eigenvalue weighted by Gasteiger charge is -2.05. The molecule has 2 rings (SSSR count). The van der Waals surface area contributed by atoms with Gasteiger partial charge in [-0.05, 0) is 52.4 Å². The fourth-order valence-electron chi connectivity index (χ4n) is 1.69. The molecule has 2 N–H and O–H groups in total. The van der Waals surface area contributed by atoms with Crippen LogP contribution in [0.1, 0.15) is 17.5 Å². The molecule has 0 bridgehead atoms. The lowest BCUT2D eigenvalue weighted by molar-refractivity contribution is 0.623. The molecule has 0 aliphatic heterocycles. The first-order valence-electron chi connectivity index (χ1n) is 3.95. The maximum atomic E-state index is 13.2. The average molecular weight is 230 g/mol. The smallest absolute Gasteiger partial charge is 0.160 e. The average Bonchev–Trinajstić information content (AvgIpc) is 2.48. The van der Waals surface area contributed by atoms with Gasteiger partial charge in [-0.25, -0.2) is 4.39 Å². The van der Waals surface area contributed by atoms with Gasteiger partial charge in [0.1, 0.15) is 0 Å². The lowest BCUT2D eigenvalue weighted by atomic mass is 10.1. The van der Waals surface area contributed by atoms with Crippen molar-refractivity contribution < 1.29 is 4.39 Å². The van der Waals surface area contributed by atoms with Crippen LogP contribution in [0.2, 0.25) is 0 Å². The SMILES string of the molecule is Nc1cc2c(c(Br)c1F)CCC2. The van der Waals surface area contributed by atoms with Gasteiger partial charge in [0.25, 0.3) is 0 Å². The molecule has 0 saturated heterocycles. The molecule has 0 saturated carbocycles. The highest BCUT2D eigenvalue weighted by Crippen LogP contribution is 2.34. The van der Waals surface area contributed by atoms with E-state index in [9.17, 15) is 4.39 Å². The van der Waals surface area contributed by atoms with Gasteiger partial charge in [-0.2, -0.15) is 0 Å². The number of nitrogen functional groups attached to an aromatic ring is 1. The van der Waals surface area contributed by atoms with E-state index in [-0.39, 0.29) is 11.5 Å². The largest absolute Gasteiger partial charge is 0.396 e. The van der Waals surface area contributed by atoms with Crippen LogP contribution >= 0.6 is 15.9 Å². The summed E-state index contributed by atoms with van der Waals surface area (Å²) in [7, 11) is 0. The highest BCUT2D eigenvalue weighted by Gasteiger charge is 2.18. The molecule has 1 aliphatic rings. The van der Waals surface area contributed by atoms with Gasteiger partial charge in [0, 0.05) is 0 Å². The summed E-state index contributed by atoms with van der Waals surface area (Å²) in [4.78, 5) is 0. The summed E-state index contributed by atoms with van der Waals surface area (Å²) in [5.41, 5.74) is 8.04. The molecule has 0 fully saturated rings. The Balaban J connectivity index is 2.67. The van der Waals surface area contributed by atoms with Crippen molar-refractivity contribution in [2.45, 2.75) is 19.3 Å². The number of halogens is 2. The van der Waals surface area contributed by atoms with Crippen LogP contribution < -0.4 is 5.73 Å². The quantitative estimate of drug-likeness (QED) is 0.681. The number of benzene rings is 1. The van der Waals surface area contributed by atoms with Gasteiger partial charge in [0.15, 0.2) is 5.82 Å². The van der Waals surface area contributed by atoms with Gasteiger partial charge in [-0.15, -0.1) is 0 Å². The van der Waals surface area contributed by atoms with E-state index in [0.29, 0.717) is 4.47 Å². The first-order valence-corrected chi connectivity index (χ1v) is 4.74. The van der Waals surface area contributed by atoms with Crippen molar-refractivity contribution in [3.63, 3.8) is 0 Å². The zero-order valence-corrected chi connectivity index (χ0v) is 8.12. The Morgan fingerprint density at radius 1 is 1.42 bits per heavy atom. The zero-order valence-electron chi connectivity index (χ0n) is 6.53. The number of aryl methyl sites for hydroxylation is 1. The third-order valence-corrected chi connectivity index (χ3v) is 3.13. The van der Waals surface area contributed by atoms with Crippen LogP contribution in [0.15, 0.2) is 10.5 Å². The molecule has 0 heterocycles. The van der Waals surface area contributed by atoms with Crippen molar-refractivity contribution in [3.8, 4) is 0 Å². The van der Waals surface area contributed by atoms with Gasteiger partial charge >= 0.3 is 0 Å². The Kier molecular flexibility index (Phi) is 1.83. The van der Waals surface area contributed by atoms with Crippen molar-refractivity contribution in [2.75, 3.05) is 5.73 Å². The Labute approximate surface area is 78.9 Å². The van der Waals surface area contributed by atoms with Crippen molar-refractivity contribution in [2.24, 2.45) is 0 Å². The molecule has 0 aromatic heterocycles. The monoisotopic (exact) mass is 229 g/mol. The molecule has 1 nitrogen and oxygen atoms in total. The molecular weight excluding hydrogens is 221 g/mol. The highest BCUT2D eigenvalue weighted by atomic mass is 79.9. The standard InChI is InChI=1S/C9H9BrFN/c10-8-6-3-1-2-5(6)4-7(12)9(8)11/h4H,1-3,12H2. The topological polar surface area (TPSA) is 26.0 Å². The minimum atomic E-state index is -0.310. The van der Waals surface area contributed by atoms with Crippen molar-refractivity contribution >= 4 is 21.6 Å². The van der Waals surface area contributed by atoms with Crippen LogP contribution in [0, 0.1) is 5.82 Å². The molecule has 0 amide bonds. The molecule has 64 valence electrons. The molecule has 1 aromatic carbocycles. The summed E-state index contributed by atoms with van der Waals surface area (Å²) in [5, 5.41) is 0. The summed E-state index contributed by atoms with van der Waals surface area (Å²) in [6.07, 6.45) is 3.10. The minimum absolute atomic E-state index is 0.252. The van der Waals surface area contributed by atoms with Gasteiger partial charge in [0.2, 0.25) is 0 Å². The van der Waals surface area contributed by atoms with Crippen LogP contribution in [-0.4, -0.2) is 0 Å². The number of rotatable bonds is 0. The molecular formula is C9H9BrFN. The molecule has 0 atom stereocenters. The summed E-state index contributed by atoms with van der Waals surface area (Å²) in [6.45, 7) is 0. The van der Waals surface area contributed by atoms with E-state index >= 15 is 0 Å². The van der Waals surface area contributed by atoms with Gasteiger partial charge < -0.3 is 5.73 Å². The maximum Gasteiger partial charge on any atom is 0.160 e. The predicted octanol–water partition coefficient (Wildman–Crippen LogP) is 2.66. The zero-order chi connectivity index (χ0) is 8.72. The highest BCUT2D eigenvalue weighted by molar-refractivity contribution is 9.10. The van der Waals surface area contributed by atoms with Crippen LogP contribution in [0.4, 0.5) is 10.1 Å². The second-order valence-electron chi connectivity index (χ2n) is 3.08. The van der Waals surface area contributed by atoms with Crippen molar-refractivity contribution in [1.82, 2.24) is 0 Å².